The highest BCUT2D eigenvalue weighted by molar-refractivity contribution is 9.10. The van der Waals surface area contributed by atoms with Gasteiger partial charge in [0.2, 0.25) is 5.91 Å². The molecule has 18 heavy (non-hydrogen) atoms. The van der Waals surface area contributed by atoms with Gasteiger partial charge in [0.05, 0.1) is 12.1 Å². The van der Waals surface area contributed by atoms with Gasteiger partial charge in [-0.25, -0.2) is 0 Å². The third-order valence-electron chi connectivity index (χ3n) is 3.15. The summed E-state index contributed by atoms with van der Waals surface area (Å²) in [7, 11) is 0. The molecule has 0 spiro atoms. The van der Waals surface area contributed by atoms with Gasteiger partial charge in [0.25, 0.3) is 0 Å². The first-order chi connectivity index (χ1) is 8.42. The van der Waals surface area contributed by atoms with Crippen LogP contribution in [-0.2, 0) is 4.79 Å². The van der Waals surface area contributed by atoms with Crippen LogP contribution in [0.25, 0.3) is 0 Å². The van der Waals surface area contributed by atoms with Crippen molar-refractivity contribution in [3.05, 3.63) is 34.3 Å². The van der Waals surface area contributed by atoms with E-state index in [0.29, 0.717) is 6.42 Å². The summed E-state index contributed by atoms with van der Waals surface area (Å²) in [6.07, 6.45) is 0.501. The topological polar surface area (TPSA) is 52.9 Å². The van der Waals surface area contributed by atoms with Crippen molar-refractivity contribution in [2.24, 2.45) is 5.41 Å². The van der Waals surface area contributed by atoms with Crippen LogP contribution >= 0.6 is 15.9 Å². The van der Waals surface area contributed by atoms with Crippen molar-refractivity contribution in [1.82, 2.24) is 5.32 Å². The molecule has 3 nitrogen and oxygen atoms in total. The van der Waals surface area contributed by atoms with Crippen molar-refractivity contribution < 1.29 is 4.79 Å². The Labute approximate surface area is 116 Å². The molecule has 0 bridgehead atoms. The number of carbonyl (C=O) groups is 1. The average molecular weight is 309 g/mol. The molecule has 1 N–H and O–H groups in total. The SMILES string of the molecule is CCC(C)(C#N)C(=O)NC(C)c1cccc(Br)c1. The molecule has 0 saturated heterocycles. The van der Waals surface area contributed by atoms with E-state index in [1.54, 1.807) is 6.92 Å². The number of halogens is 1. The van der Waals surface area contributed by atoms with Gasteiger partial charge in [-0.2, -0.15) is 5.26 Å². The van der Waals surface area contributed by atoms with Crippen molar-refractivity contribution in [1.29, 1.82) is 5.26 Å². The zero-order valence-electron chi connectivity index (χ0n) is 10.8. The van der Waals surface area contributed by atoms with E-state index in [0.717, 1.165) is 10.0 Å². The van der Waals surface area contributed by atoms with Crippen molar-refractivity contribution in [3.63, 3.8) is 0 Å². The molecule has 0 aliphatic heterocycles. The number of carbonyl (C=O) groups excluding carboxylic acids is 1. The van der Waals surface area contributed by atoms with E-state index in [4.69, 9.17) is 5.26 Å². The molecule has 0 aliphatic carbocycles. The Morgan fingerprint density at radius 3 is 2.78 bits per heavy atom. The second-order valence-electron chi connectivity index (χ2n) is 4.55. The van der Waals surface area contributed by atoms with Crippen LogP contribution in [0.15, 0.2) is 28.7 Å². The first-order valence-corrected chi connectivity index (χ1v) is 6.70. The molecule has 2 unspecified atom stereocenters. The van der Waals surface area contributed by atoms with Gasteiger partial charge in [-0.05, 0) is 38.0 Å². The molecule has 1 aromatic carbocycles. The maximum atomic E-state index is 12.1. The Morgan fingerprint density at radius 2 is 2.28 bits per heavy atom. The van der Waals surface area contributed by atoms with Gasteiger partial charge < -0.3 is 5.32 Å². The van der Waals surface area contributed by atoms with E-state index in [1.807, 2.05) is 38.1 Å². The van der Waals surface area contributed by atoms with Crippen molar-refractivity contribution in [2.45, 2.75) is 33.2 Å². The molecule has 2 atom stereocenters. The summed E-state index contributed by atoms with van der Waals surface area (Å²) in [6.45, 7) is 5.41. The number of benzene rings is 1. The fourth-order valence-electron chi connectivity index (χ4n) is 1.51. The maximum Gasteiger partial charge on any atom is 0.240 e. The van der Waals surface area contributed by atoms with Gasteiger partial charge in [0.15, 0.2) is 0 Å². The van der Waals surface area contributed by atoms with E-state index in [2.05, 4.69) is 27.3 Å². The summed E-state index contributed by atoms with van der Waals surface area (Å²) in [5.74, 6) is -0.222. The van der Waals surface area contributed by atoms with Gasteiger partial charge in [0, 0.05) is 4.47 Å². The van der Waals surface area contributed by atoms with Crippen LogP contribution in [0.4, 0.5) is 0 Å². The Hall–Kier alpha value is -1.34. The minimum atomic E-state index is -0.958. The van der Waals surface area contributed by atoms with E-state index in [9.17, 15) is 4.79 Å². The number of hydrogen-bond acceptors (Lipinski definition) is 2. The highest BCUT2D eigenvalue weighted by Gasteiger charge is 2.32. The number of nitrogens with zero attached hydrogens (tertiary/aromatic N) is 1. The third kappa shape index (κ3) is 3.33. The number of hydrogen-bond donors (Lipinski definition) is 1. The van der Waals surface area contributed by atoms with Gasteiger partial charge in [-0.15, -0.1) is 0 Å². The molecule has 0 fully saturated rings. The zero-order valence-corrected chi connectivity index (χ0v) is 12.4. The van der Waals surface area contributed by atoms with Crippen molar-refractivity contribution in [3.8, 4) is 6.07 Å². The largest absolute Gasteiger partial charge is 0.348 e. The molecule has 4 heteroatoms. The summed E-state index contributed by atoms with van der Waals surface area (Å²) in [4.78, 5) is 12.1. The van der Waals surface area contributed by atoms with Crippen LogP contribution in [0.1, 0.15) is 38.8 Å². The minimum Gasteiger partial charge on any atom is -0.348 e. The predicted octanol–water partition coefficient (Wildman–Crippen LogP) is 3.57. The molecule has 0 heterocycles. The number of nitriles is 1. The molecule has 0 aromatic heterocycles. The summed E-state index contributed by atoms with van der Waals surface area (Å²) in [6, 6.07) is 9.72. The Kier molecular flexibility index (Phi) is 4.92. The van der Waals surface area contributed by atoms with Crippen LogP contribution < -0.4 is 5.32 Å². The van der Waals surface area contributed by atoms with Gasteiger partial charge in [-0.3, -0.25) is 4.79 Å². The smallest absolute Gasteiger partial charge is 0.240 e. The molecule has 1 amide bonds. The lowest BCUT2D eigenvalue weighted by Gasteiger charge is -2.22. The molecular weight excluding hydrogens is 292 g/mol. The first kappa shape index (κ1) is 14.7. The summed E-state index contributed by atoms with van der Waals surface area (Å²) in [5, 5.41) is 11.9. The van der Waals surface area contributed by atoms with Crippen molar-refractivity contribution >= 4 is 21.8 Å². The molecule has 1 rings (SSSR count). The summed E-state index contributed by atoms with van der Waals surface area (Å²) in [5.41, 5.74) is 0.0504. The van der Waals surface area contributed by atoms with E-state index in [-0.39, 0.29) is 11.9 Å². The molecule has 0 saturated carbocycles. The fourth-order valence-corrected chi connectivity index (χ4v) is 1.92. The van der Waals surface area contributed by atoms with Crippen LogP contribution in [0.5, 0.6) is 0 Å². The molecule has 1 aromatic rings. The van der Waals surface area contributed by atoms with Gasteiger partial charge >= 0.3 is 0 Å². The standard InChI is InChI=1S/C14H17BrN2O/c1-4-14(3,9-16)13(18)17-10(2)11-6-5-7-12(15)8-11/h5-8,10H,4H2,1-3H3,(H,17,18). The molecular formula is C14H17BrN2O. The minimum absolute atomic E-state index is 0.116. The lowest BCUT2D eigenvalue weighted by Crippen LogP contribution is -2.38. The molecule has 96 valence electrons. The molecule has 0 radical (unpaired) electrons. The third-order valence-corrected chi connectivity index (χ3v) is 3.64. The maximum absolute atomic E-state index is 12.1. The first-order valence-electron chi connectivity index (χ1n) is 5.90. The fraction of sp³-hybridized carbons (Fsp3) is 0.429. The number of amides is 1. The Morgan fingerprint density at radius 1 is 1.61 bits per heavy atom. The summed E-state index contributed by atoms with van der Waals surface area (Å²) >= 11 is 3.40. The quantitative estimate of drug-likeness (QED) is 0.924. The van der Waals surface area contributed by atoms with Crippen LogP contribution in [0, 0.1) is 16.7 Å². The lowest BCUT2D eigenvalue weighted by atomic mass is 9.88. The zero-order chi connectivity index (χ0) is 13.8. The van der Waals surface area contributed by atoms with E-state index >= 15 is 0 Å². The highest BCUT2D eigenvalue weighted by atomic mass is 79.9. The number of nitrogens with one attached hydrogen (secondary N) is 1. The monoisotopic (exact) mass is 308 g/mol. The van der Waals surface area contributed by atoms with Crippen LogP contribution in [0.2, 0.25) is 0 Å². The van der Waals surface area contributed by atoms with Gasteiger partial charge in [-0.1, -0.05) is 35.0 Å². The number of rotatable bonds is 4. The average Bonchev–Trinajstić information content (AvgIpc) is 2.37. The predicted molar refractivity (Wildman–Crippen MR) is 74.7 cm³/mol. The normalized spacial score (nSPS) is 15.3. The molecule has 0 aliphatic rings. The van der Waals surface area contributed by atoms with E-state index in [1.165, 1.54) is 0 Å². The lowest BCUT2D eigenvalue weighted by molar-refractivity contribution is -0.128. The van der Waals surface area contributed by atoms with Crippen LogP contribution in [-0.4, -0.2) is 5.91 Å². The second kappa shape index (κ2) is 6.01. The van der Waals surface area contributed by atoms with E-state index < -0.39 is 5.41 Å². The van der Waals surface area contributed by atoms with Gasteiger partial charge in [0.1, 0.15) is 5.41 Å². The Balaban J connectivity index is 2.80. The Bertz CT molecular complexity index is 481. The second-order valence-corrected chi connectivity index (χ2v) is 5.46. The highest BCUT2D eigenvalue weighted by Crippen LogP contribution is 2.23. The van der Waals surface area contributed by atoms with Crippen molar-refractivity contribution in [2.75, 3.05) is 0 Å². The van der Waals surface area contributed by atoms with Crippen LogP contribution in [0.3, 0.4) is 0 Å². The summed E-state index contributed by atoms with van der Waals surface area (Å²) < 4.78 is 0.972.